The minimum atomic E-state index is 0.205. The van der Waals surface area contributed by atoms with E-state index in [4.69, 9.17) is 8.94 Å². The van der Waals surface area contributed by atoms with Crippen LogP contribution in [0.4, 0.5) is 0 Å². The van der Waals surface area contributed by atoms with Gasteiger partial charge in [0.25, 0.3) is 0 Å². The van der Waals surface area contributed by atoms with E-state index in [9.17, 15) is 0 Å². The molecule has 0 aliphatic carbocycles. The van der Waals surface area contributed by atoms with Gasteiger partial charge in [-0.05, 0) is 44.0 Å². The zero-order chi connectivity index (χ0) is 19.1. The van der Waals surface area contributed by atoms with Crippen LogP contribution in [0, 0.1) is 0 Å². The Morgan fingerprint density at radius 1 is 1.26 bits per heavy atom. The van der Waals surface area contributed by atoms with Crippen LogP contribution in [0.3, 0.4) is 0 Å². The third kappa shape index (κ3) is 5.35. The molecule has 1 aliphatic heterocycles. The maximum Gasteiger partial charge on any atom is 0.191 e. The van der Waals surface area contributed by atoms with Gasteiger partial charge in [-0.2, -0.15) is 0 Å². The maximum absolute atomic E-state index is 5.70. The fourth-order valence-corrected chi connectivity index (χ4v) is 3.39. The second-order valence-electron chi connectivity index (χ2n) is 7.31. The number of aromatic nitrogens is 1. The summed E-state index contributed by atoms with van der Waals surface area (Å²) in [5, 5.41) is 10.8. The van der Waals surface area contributed by atoms with Gasteiger partial charge < -0.3 is 19.6 Å². The first kappa shape index (κ1) is 19.5. The third-order valence-electron chi connectivity index (χ3n) is 4.99. The lowest BCUT2D eigenvalue weighted by molar-refractivity contribution is 0.146. The molecule has 1 unspecified atom stereocenters. The van der Waals surface area contributed by atoms with Gasteiger partial charge in [-0.25, -0.2) is 0 Å². The number of hydrogen-bond donors (Lipinski definition) is 2. The Balaban J connectivity index is 1.55. The predicted molar refractivity (Wildman–Crippen MR) is 106 cm³/mol. The lowest BCUT2D eigenvalue weighted by Gasteiger charge is -2.33. The van der Waals surface area contributed by atoms with E-state index in [1.165, 1.54) is 19.3 Å². The Morgan fingerprint density at radius 2 is 2.07 bits per heavy atom. The fourth-order valence-electron chi connectivity index (χ4n) is 3.39. The number of nitrogens with zero attached hydrogens (tertiary/aromatic N) is 3. The minimum absolute atomic E-state index is 0.205. The average molecular weight is 374 g/mol. The highest BCUT2D eigenvalue weighted by molar-refractivity contribution is 5.79. The number of furan rings is 1. The highest BCUT2D eigenvalue weighted by Crippen LogP contribution is 2.24. The smallest absolute Gasteiger partial charge is 0.191 e. The molecule has 7 heteroatoms. The van der Waals surface area contributed by atoms with E-state index in [0.717, 1.165) is 42.8 Å². The van der Waals surface area contributed by atoms with Crippen LogP contribution in [-0.4, -0.2) is 42.7 Å². The molecule has 148 valence electrons. The predicted octanol–water partition coefficient (Wildman–Crippen LogP) is 3.28. The van der Waals surface area contributed by atoms with E-state index >= 15 is 0 Å². The standard InChI is InChI=1S/C20H31N5O2/c1-15(2)17-12-16(27-24-17)13-22-20(21-3)23-14-18(19-8-7-11-26-19)25-9-5-4-6-10-25/h7-8,11-12,15,18H,4-6,9-10,13-14H2,1-3H3,(H2,21,22,23). The summed E-state index contributed by atoms with van der Waals surface area (Å²) in [7, 11) is 1.78. The van der Waals surface area contributed by atoms with Gasteiger partial charge in [-0.1, -0.05) is 25.4 Å². The van der Waals surface area contributed by atoms with Crippen molar-refractivity contribution in [2.45, 2.75) is 51.6 Å². The molecule has 7 nitrogen and oxygen atoms in total. The molecule has 1 saturated heterocycles. The largest absolute Gasteiger partial charge is 0.468 e. The van der Waals surface area contributed by atoms with Gasteiger partial charge in [0.05, 0.1) is 24.5 Å². The van der Waals surface area contributed by atoms with Crippen LogP contribution >= 0.6 is 0 Å². The van der Waals surface area contributed by atoms with Crippen molar-refractivity contribution in [3.63, 3.8) is 0 Å². The van der Waals surface area contributed by atoms with Crippen LogP contribution in [0.15, 0.2) is 38.4 Å². The Labute approximate surface area is 161 Å². The van der Waals surface area contributed by atoms with Crippen LogP contribution in [0.1, 0.15) is 62.3 Å². The molecule has 0 radical (unpaired) electrons. The number of likely N-dealkylation sites (tertiary alicyclic amines) is 1. The average Bonchev–Trinajstić information content (AvgIpc) is 3.37. The van der Waals surface area contributed by atoms with Gasteiger partial charge in [-0.3, -0.25) is 9.89 Å². The van der Waals surface area contributed by atoms with Crippen molar-refractivity contribution in [2.75, 3.05) is 26.7 Å². The number of guanidine groups is 1. The van der Waals surface area contributed by atoms with E-state index in [-0.39, 0.29) is 6.04 Å². The Kier molecular flexibility index (Phi) is 6.92. The molecule has 1 aliphatic rings. The molecule has 1 atom stereocenters. The summed E-state index contributed by atoms with van der Waals surface area (Å²) in [4.78, 5) is 6.82. The van der Waals surface area contributed by atoms with Crippen molar-refractivity contribution in [3.8, 4) is 0 Å². The number of hydrogen-bond acceptors (Lipinski definition) is 5. The Bertz CT molecular complexity index is 702. The molecule has 0 spiro atoms. The molecule has 3 rings (SSSR count). The molecular formula is C20H31N5O2. The van der Waals surface area contributed by atoms with Crippen molar-refractivity contribution >= 4 is 5.96 Å². The van der Waals surface area contributed by atoms with Crippen molar-refractivity contribution in [2.24, 2.45) is 4.99 Å². The van der Waals surface area contributed by atoms with Crippen molar-refractivity contribution in [1.29, 1.82) is 0 Å². The molecular weight excluding hydrogens is 342 g/mol. The molecule has 0 bridgehead atoms. The molecule has 2 N–H and O–H groups in total. The zero-order valence-electron chi connectivity index (χ0n) is 16.6. The van der Waals surface area contributed by atoms with Crippen LogP contribution in [0.5, 0.6) is 0 Å². The van der Waals surface area contributed by atoms with Crippen molar-refractivity contribution < 1.29 is 8.94 Å². The molecule has 0 amide bonds. The normalized spacial score (nSPS) is 17.3. The first-order chi connectivity index (χ1) is 13.2. The van der Waals surface area contributed by atoms with Crippen LogP contribution in [0.2, 0.25) is 0 Å². The lowest BCUT2D eigenvalue weighted by atomic mass is 10.1. The summed E-state index contributed by atoms with van der Waals surface area (Å²) >= 11 is 0. The molecule has 2 aromatic rings. The van der Waals surface area contributed by atoms with Crippen LogP contribution in [0.25, 0.3) is 0 Å². The number of rotatable bonds is 7. The third-order valence-corrected chi connectivity index (χ3v) is 4.99. The van der Waals surface area contributed by atoms with E-state index in [1.54, 1.807) is 13.3 Å². The van der Waals surface area contributed by atoms with E-state index in [1.807, 2.05) is 12.1 Å². The summed E-state index contributed by atoms with van der Waals surface area (Å²) in [5.41, 5.74) is 0.970. The monoisotopic (exact) mass is 373 g/mol. The van der Waals surface area contributed by atoms with E-state index < -0.39 is 0 Å². The van der Waals surface area contributed by atoms with E-state index in [2.05, 4.69) is 45.6 Å². The Morgan fingerprint density at radius 3 is 2.70 bits per heavy atom. The fraction of sp³-hybridized carbons (Fsp3) is 0.600. The summed E-state index contributed by atoms with van der Waals surface area (Å²) in [6, 6.07) is 6.20. The molecule has 0 saturated carbocycles. The zero-order valence-corrected chi connectivity index (χ0v) is 16.6. The second kappa shape index (κ2) is 9.60. The van der Waals surface area contributed by atoms with Crippen LogP contribution in [-0.2, 0) is 6.54 Å². The first-order valence-electron chi connectivity index (χ1n) is 9.85. The highest BCUT2D eigenvalue weighted by atomic mass is 16.5. The molecule has 3 heterocycles. The maximum atomic E-state index is 5.70. The first-order valence-corrected chi connectivity index (χ1v) is 9.85. The number of piperidine rings is 1. The van der Waals surface area contributed by atoms with Gasteiger partial charge in [0.15, 0.2) is 11.7 Å². The minimum Gasteiger partial charge on any atom is -0.468 e. The summed E-state index contributed by atoms with van der Waals surface area (Å²) in [6.07, 6.45) is 5.55. The highest BCUT2D eigenvalue weighted by Gasteiger charge is 2.24. The topological polar surface area (TPSA) is 78.8 Å². The Hall–Kier alpha value is -2.28. The lowest BCUT2D eigenvalue weighted by Crippen LogP contribution is -2.44. The SMILES string of the molecule is CN=C(NCc1cc(C(C)C)no1)NCC(c1ccco1)N1CCCCC1. The number of nitrogens with one attached hydrogen (secondary N) is 2. The van der Waals surface area contributed by atoms with Gasteiger partial charge in [-0.15, -0.1) is 0 Å². The molecule has 0 aromatic carbocycles. The van der Waals surface area contributed by atoms with Gasteiger partial charge >= 0.3 is 0 Å². The van der Waals surface area contributed by atoms with Crippen molar-refractivity contribution in [3.05, 3.63) is 41.7 Å². The van der Waals surface area contributed by atoms with Gasteiger partial charge in [0.1, 0.15) is 5.76 Å². The molecule has 1 fully saturated rings. The van der Waals surface area contributed by atoms with Crippen molar-refractivity contribution in [1.82, 2.24) is 20.7 Å². The summed E-state index contributed by atoms with van der Waals surface area (Å²) in [5.74, 6) is 2.90. The van der Waals surface area contributed by atoms with Crippen LogP contribution < -0.4 is 10.6 Å². The number of aliphatic imine (C=N–C) groups is 1. The molecule has 2 aromatic heterocycles. The summed E-state index contributed by atoms with van der Waals surface area (Å²) < 4.78 is 11.1. The van der Waals surface area contributed by atoms with Gasteiger partial charge in [0, 0.05) is 19.7 Å². The van der Waals surface area contributed by atoms with E-state index in [0.29, 0.717) is 12.5 Å². The molecule has 27 heavy (non-hydrogen) atoms. The quantitative estimate of drug-likeness (QED) is 0.573. The van der Waals surface area contributed by atoms with Gasteiger partial charge in [0.2, 0.25) is 0 Å². The summed E-state index contributed by atoms with van der Waals surface area (Å²) in [6.45, 7) is 7.70. The second-order valence-corrected chi connectivity index (χ2v) is 7.31.